The van der Waals surface area contributed by atoms with Gasteiger partial charge in [0.05, 0.1) is 19.3 Å². The summed E-state index contributed by atoms with van der Waals surface area (Å²) in [4.78, 5) is 21.8. The van der Waals surface area contributed by atoms with Gasteiger partial charge in [-0.2, -0.15) is 0 Å². The summed E-state index contributed by atoms with van der Waals surface area (Å²) in [6.45, 7) is 3.87. The van der Waals surface area contributed by atoms with Crippen molar-refractivity contribution in [1.82, 2.24) is 0 Å². The first kappa shape index (κ1) is 13.7. The molecule has 0 aromatic rings. The van der Waals surface area contributed by atoms with E-state index in [2.05, 4.69) is 0 Å². The predicted molar refractivity (Wildman–Crippen MR) is 60.3 cm³/mol. The Labute approximate surface area is 101 Å². The van der Waals surface area contributed by atoms with Crippen molar-refractivity contribution in [1.29, 1.82) is 0 Å². The minimum atomic E-state index is -0.326. The van der Waals surface area contributed by atoms with Crippen LogP contribution in [0.15, 0.2) is 12.2 Å². The second-order valence-electron chi connectivity index (χ2n) is 3.75. The van der Waals surface area contributed by atoms with Gasteiger partial charge in [-0.25, -0.2) is 0 Å². The standard InChI is InChI=1S/C12H18O5/c1-3-15-12(14)7-6-10-4-5-11(8-16-10)17-9(2)13/h4-5,10-11H,3,6-8H2,1-2H3/t10-,11-/m0/s1. The van der Waals surface area contributed by atoms with Crippen LogP contribution in [0, 0.1) is 0 Å². The quantitative estimate of drug-likeness (QED) is 0.535. The van der Waals surface area contributed by atoms with Crippen LogP contribution in [-0.4, -0.2) is 37.4 Å². The van der Waals surface area contributed by atoms with E-state index in [1.807, 2.05) is 6.08 Å². The fourth-order valence-corrected chi connectivity index (χ4v) is 1.54. The molecule has 1 aliphatic heterocycles. The second-order valence-corrected chi connectivity index (χ2v) is 3.75. The molecule has 1 rings (SSSR count). The molecule has 0 saturated carbocycles. The normalized spacial score (nSPS) is 23.2. The highest BCUT2D eigenvalue weighted by Gasteiger charge is 2.18. The maximum absolute atomic E-state index is 11.1. The maximum atomic E-state index is 11.1. The third kappa shape index (κ3) is 5.49. The van der Waals surface area contributed by atoms with E-state index in [0.717, 1.165) is 0 Å². The smallest absolute Gasteiger partial charge is 0.305 e. The number of hydrogen-bond donors (Lipinski definition) is 0. The van der Waals surface area contributed by atoms with Gasteiger partial charge in [0.2, 0.25) is 0 Å². The van der Waals surface area contributed by atoms with E-state index in [1.54, 1.807) is 13.0 Å². The van der Waals surface area contributed by atoms with Crippen molar-refractivity contribution in [2.45, 2.75) is 38.9 Å². The number of ether oxygens (including phenoxy) is 3. The van der Waals surface area contributed by atoms with Gasteiger partial charge in [-0.15, -0.1) is 0 Å². The Balaban J connectivity index is 2.25. The summed E-state index contributed by atoms with van der Waals surface area (Å²) in [6, 6.07) is 0. The maximum Gasteiger partial charge on any atom is 0.305 e. The Bertz CT molecular complexity index is 297. The fraction of sp³-hybridized carbons (Fsp3) is 0.667. The Kier molecular flexibility index (Phi) is 5.69. The molecule has 0 saturated heterocycles. The lowest BCUT2D eigenvalue weighted by Gasteiger charge is -2.23. The van der Waals surface area contributed by atoms with Gasteiger partial charge in [-0.1, -0.05) is 6.08 Å². The molecule has 96 valence electrons. The minimum absolute atomic E-state index is 0.105. The Morgan fingerprint density at radius 3 is 2.71 bits per heavy atom. The fourth-order valence-electron chi connectivity index (χ4n) is 1.54. The van der Waals surface area contributed by atoms with Gasteiger partial charge >= 0.3 is 11.9 Å². The third-order valence-electron chi connectivity index (χ3n) is 2.27. The molecule has 0 bridgehead atoms. The van der Waals surface area contributed by atoms with Gasteiger partial charge in [0.25, 0.3) is 0 Å². The molecule has 5 nitrogen and oxygen atoms in total. The zero-order valence-corrected chi connectivity index (χ0v) is 10.2. The van der Waals surface area contributed by atoms with E-state index in [9.17, 15) is 9.59 Å². The summed E-state index contributed by atoms with van der Waals surface area (Å²) >= 11 is 0. The second kappa shape index (κ2) is 7.06. The number of hydrogen-bond acceptors (Lipinski definition) is 5. The number of esters is 2. The van der Waals surface area contributed by atoms with E-state index >= 15 is 0 Å². The van der Waals surface area contributed by atoms with Crippen LogP contribution in [0.4, 0.5) is 0 Å². The van der Waals surface area contributed by atoms with Crippen LogP contribution in [0.25, 0.3) is 0 Å². The lowest BCUT2D eigenvalue weighted by Crippen LogP contribution is -2.28. The molecule has 0 unspecified atom stereocenters. The lowest BCUT2D eigenvalue weighted by molar-refractivity contribution is -0.148. The first-order valence-corrected chi connectivity index (χ1v) is 5.74. The Morgan fingerprint density at radius 2 is 2.18 bits per heavy atom. The molecule has 0 N–H and O–H groups in total. The molecule has 0 spiro atoms. The van der Waals surface area contributed by atoms with E-state index in [1.165, 1.54) is 6.92 Å². The van der Waals surface area contributed by atoms with Crippen LogP contribution in [-0.2, 0) is 23.8 Å². The molecule has 1 heterocycles. The largest absolute Gasteiger partial charge is 0.466 e. The molecule has 1 aliphatic rings. The van der Waals surface area contributed by atoms with Crippen LogP contribution in [0.3, 0.4) is 0 Å². The number of rotatable bonds is 5. The minimum Gasteiger partial charge on any atom is -0.466 e. The van der Waals surface area contributed by atoms with Gasteiger partial charge in [-0.3, -0.25) is 9.59 Å². The first-order valence-electron chi connectivity index (χ1n) is 5.74. The van der Waals surface area contributed by atoms with Crippen LogP contribution in [0.1, 0.15) is 26.7 Å². The van der Waals surface area contributed by atoms with Crippen molar-refractivity contribution in [3.63, 3.8) is 0 Å². The van der Waals surface area contributed by atoms with Crippen molar-refractivity contribution in [3.8, 4) is 0 Å². The molecule has 0 aromatic carbocycles. The first-order chi connectivity index (χ1) is 8.11. The highest BCUT2D eigenvalue weighted by atomic mass is 16.6. The average molecular weight is 242 g/mol. The molecule has 17 heavy (non-hydrogen) atoms. The molecule has 0 fully saturated rings. The summed E-state index contributed by atoms with van der Waals surface area (Å²) in [5.74, 6) is -0.542. The molecule has 2 atom stereocenters. The lowest BCUT2D eigenvalue weighted by atomic mass is 10.1. The van der Waals surface area contributed by atoms with Crippen molar-refractivity contribution in [2.24, 2.45) is 0 Å². The van der Waals surface area contributed by atoms with Gasteiger partial charge in [0.1, 0.15) is 6.10 Å². The van der Waals surface area contributed by atoms with E-state index in [4.69, 9.17) is 14.2 Å². The summed E-state index contributed by atoms with van der Waals surface area (Å²) in [5.41, 5.74) is 0. The highest BCUT2D eigenvalue weighted by Crippen LogP contribution is 2.13. The van der Waals surface area contributed by atoms with Crippen LogP contribution in [0.2, 0.25) is 0 Å². The Morgan fingerprint density at radius 1 is 1.41 bits per heavy atom. The van der Waals surface area contributed by atoms with Crippen molar-refractivity contribution >= 4 is 11.9 Å². The van der Waals surface area contributed by atoms with Crippen LogP contribution >= 0.6 is 0 Å². The van der Waals surface area contributed by atoms with Crippen LogP contribution < -0.4 is 0 Å². The van der Waals surface area contributed by atoms with E-state index in [0.29, 0.717) is 26.1 Å². The summed E-state index contributed by atoms with van der Waals surface area (Å²) < 4.78 is 15.2. The zero-order chi connectivity index (χ0) is 12.7. The zero-order valence-electron chi connectivity index (χ0n) is 10.2. The number of carbonyl (C=O) groups is 2. The number of carbonyl (C=O) groups excluding carboxylic acids is 2. The summed E-state index contributed by atoms with van der Waals surface area (Å²) in [6.07, 6.45) is 4.11. The SMILES string of the molecule is CCOC(=O)CC[C@@H]1C=C[C@H](OC(C)=O)CO1. The molecule has 0 amide bonds. The molecule has 0 radical (unpaired) electrons. The van der Waals surface area contributed by atoms with Gasteiger partial charge in [0.15, 0.2) is 0 Å². The topological polar surface area (TPSA) is 61.8 Å². The van der Waals surface area contributed by atoms with Gasteiger partial charge < -0.3 is 14.2 Å². The Hall–Kier alpha value is -1.36. The van der Waals surface area contributed by atoms with Crippen molar-refractivity contribution in [2.75, 3.05) is 13.2 Å². The third-order valence-corrected chi connectivity index (χ3v) is 2.27. The van der Waals surface area contributed by atoms with Crippen LogP contribution in [0.5, 0.6) is 0 Å². The van der Waals surface area contributed by atoms with E-state index < -0.39 is 0 Å². The molecule has 0 aliphatic carbocycles. The molecule has 5 heteroatoms. The summed E-state index contributed by atoms with van der Waals surface area (Å²) in [7, 11) is 0. The van der Waals surface area contributed by atoms with Crippen molar-refractivity contribution in [3.05, 3.63) is 12.2 Å². The van der Waals surface area contributed by atoms with Gasteiger partial charge in [0, 0.05) is 13.3 Å². The monoisotopic (exact) mass is 242 g/mol. The predicted octanol–water partition coefficient (Wildman–Crippen LogP) is 1.22. The molecular formula is C12H18O5. The molecule has 0 aromatic heterocycles. The molecular weight excluding hydrogens is 224 g/mol. The highest BCUT2D eigenvalue weighted by molar-refractivity contribution is 5.69. The van der Waals surface area contributed by atoms with Crippen molar-refractivity contribution < 1.29 is 23.8 Å². The average Bonchev–Trinajstić information content (AvgIpc) is 2.28. The summed E-state index contributed by atoms with van der Waals surface area (Å²) in [5, 5.41) is 0. The van der Waals surface area contributed by atoms with Gasteiger partial charge in [-0.05, 0) is 19.4 Å². The van der Waals surface area contributed by atoms with E-state index in [-0.39, 0.29) is 24.1 Å².